The first-order valence-electron chi connectivity index (χ1n) is 6.39. The van der Waals surface area contributed by atoms with Crippen LogP contribution in [0.15, 0.2) is 36.4 Å². The maximum absolute atomic E-state index is 11.6. The zero-order valence-electron chi connectivity index (χ0n) is 10.3. The summed E-state index contributed by atoms with van der Waals surface area (Å²) in [6, 6.07) is 6.79. The molecule has 1 aliphatic rings. The Bertz CT molecular complexity index is 417. The van der Waals surface area contributed by atoms with E-state index in [4.69, 9.17) is 16.3 Å². The van der Waals surface area contributed by atoms with E-state index in [1.54, 1.807) is 30.3 Å². The number of allylic oxidation sites excluding steroid dienone is 1. The Kier molecular flexibility index (Phi) is 4.82. The fourth-order valence-corrected chi connectivity index (χ4v) is 2.32. The molecule has 1 aromatic carbocycles. The van der Waals surface area contributed by atoms with Gasteiger partial charge in [0, 0.05) is 11.1 Å². The lowest BCUT2D eigenvalue weighted by atomic mass is 9.89. The highest BCUT2D eigenvalue weighted by Crippen LogP contribution is 2.24. The van der Waals surface area contributed by atoms with Crippen LogP contribution in [0, 0.1) is 5.92 Å². The van der Waals surface area contributed by atoms with Crippen molar-refractivity contribution < 1.29 is 9.53 Å². The molecule has 0 heterocycles. The largest absolute Gasteiger partial charge is 0.423 e. The fraction of sp³-hybridized carbons (Fsp3) is 0.400. The SMILES string of the molecule is O=C(/C=C\C1CCCCC1)Oc1ccc(Cl)cc1. The van der Waals surface area contributed by atoms with Gasteiger partial charge in [-0.05, 0) is 43.0 Å². The molecule has 0 aliphatic heterocycles. The number of halogens is 1. The first-order chi connectivity index (χ1) is 8.74. The van der Waals surface area contributed by atoms with E-state index in [0.29, 0.717) is 16.7 Å². The van der Waals surface area contributed by atoms with Crippen LogP contribution in [0.25, 0.3) is 0 Å². The van der Waals surface area contributed by atoms with Crippen LogP contribution in [0.3, 0.4) is 0 Å². The van der Waals surface area contributed by atoms with Gasteiger partial charge in [-0.25, -0.2) is 4.79 Å². The number of carbonyl (C=O) groups is 1. The van der Waals surface area contributed by atoms with Crippen molar-refractivity contribution >= 4 is 17.6 Å². The summed E-state index contributed by atoms with van der Waals surface area (Å²) in [4.78, 5) is 11.6. The van der Waals surface area contributed by atoms with Gasteiger partial charge in [0.2, 0.25) is 0 Å². The molecule has 0 spiro atoms. The molecule has 1 aliphatic carbocycles. The van der Waals surface area contributed by atoms with Crippen LogP contribution in [0.2, 0.25) is 5.02 Å². The summed E-state index contributed by atoms with van der Waals surface area (Å²) >= 11 is 5.76. The molecular formula is C15H17ClO2. The molecule has 1 saturated carbocycles. The second-order valence-corrected chi connectivity index (χ2v) is 5.07. The van der Waals surface area contributed by atoms with Crippen molar-refractivity contribution in [2.75, 3.05) is 0 Å². The lowest BCUT2D eigenvalue weighted by Crippen LogP contribution is -2.07. The lowest BCUT2D eigenvalue weighted by Gasteiger charge is -2.17. The molecular weight excluding hydrogens is 248 g/mol. The lowest BCUT2D eigenvalue weighted by molar-refractivity contribution is -0.129. The van der Waals surface area contributed by atoms with Crippen LogP contribution in [-0.2, 0) is 4.79 Å². The number of carbonyl (C=O) groups excluding carboxylic acids is 1. The third-order valence-electron chi connectivity index (χ3n) is 3.19. The number of hydrogen-bond donors (Lipinski definition) is 0. The Morgan fingerprint density at radius 3 is 2.50 bits per heavy atom. The van der Waals surface area contributed by atoms with Crippen molar-refractivity contribution in [1.29, 1.82) is 0 Å². The van der Waals surface area contributed by atoms with Gasteiger partial charge in [-0.2, -0.15) is 0 Å². The second kappa shape index (κ2) is 6.60. The minimum Gasteiger partial charge on any atom is -0.423 e. The van der Waals surface area contributed by atoms with E-state index < -0.39 is 0 Å². The maximum atomic E-state index is 11.6. The van der Waals surface area contributed by atoms with Gasteiger partial charge in [0.1, 0.15) is 5.75 Å². The average Bonchev–Trinajstić information content (AvgIpc) is 2.40. The van der Waals surface area contributed by atoms with E-state index in [2.05, 4.69) is 0 Å². The summed E-state index contributed by atoms with van der Waals surface area (Å²) in [5, 5.41) is 0.632. The molecule has 1 aromatic rings. The molecule has 0 unspecified atom stereocenters. The zero-order valence-corrected chi connectivity index (χ0v) is 11.0. The smallest absolute Gasteiger partial charge is 0.335 e. The van der Waals surface area contributed by atoms with Gasteiger partial charge in [0.25, 0.3) is 0 Å². The van der Waals surface area contributed by atoms with Crippen molar-refractivity contribution in [3.05, 3.63) is 41.4 Å². The standard InChI is InChI=1S/C15H17ClO2/c16-13-7-9-14(10-8-13)18-15(17)11-6-12-4-2-1-3-5-12/h6-12H,1-5H2/b11-6-. The molecule has 96 valence electrons. The number of ether oxygens (including phenoxy) is 1. The van der Waals surface area contributed by atoms with Gasteiger partial charge in [0.05, 0.1) is 0 Å². The Morgan fingerprint density at radius 2 is 1.83 bits per heavy atom. The molecule has 0 bridgehead atoms. The molecule has 0 N–H and O–H groups in total. The Hall–Kier alpha value is -1.28. The second-order valence-electron chi connectivity index (χ2n) is 4.63. The van der Waals surface area contributed by atoms with Gasteiger partial charge >= 0.3 is 5.97 Å². The van der Waals surface area contributed by atoms with Crippen molar-refractivity contribution in [3.63, 3.8) is 0 Å². The van der Waals surface area contributed by atoms with E-state index in [-0.39, 0.29) is 5.97 Å². The number of rotatable bonds is 3. The molecule has 0 aromatic heterocycles. The van der Waals surface area contributed by atoms with E-state index in [9.17, 15) is 4.79 Å². The minimum atomic E-state index is -0.317. The van der Waals surface area contributed by atoms with Crippen molar-refractivity contribution in [2.45, 2.75) is 32.1 Å². The minimum absolute atomic E-state index is 0.317. The van der Waals surface area contributed by atoms with Crippen LogP contribution < -0.4 is 4.74 Å². The molecule has 1 fully saturated rings. The van der Waals surface area contributed by atoms with E-state index >= 15 is 0 Å². The first kappa shape index (κ1) is 13.2. The van der Waals surface area contributed by atoms with Crippen LogP contribution in [0.5, 0.6) is 5.75 Å². The Labute approximate surface area is 113 Å². The number of benzene rings is 1. The van der Waals surface area contributed by atoms with Crippen LogP contribution in [0.4, 0.5) is 0 Å². The van der Waals surface area contributed by atoms with Crippen molar-refractivity contribution in [2.24, 2.45) is 5.92 Å². The summed E-state index contributed by atoms with van der Waals surface area (Å²) in [5.74, 6) is 0.747. The van der Waals surface area contributed by atoms with Gasteiger partial charge < -0.3 is 4.74 Å². The predicted molar refractivity (Wildman–Crippen MR) is 72.8 cm³/mol. The van der Waals surface area contributed by atoms with Gasteiger partial charge in [0.15, 0.2) is 0 Å². The molecule has 2 nitrogen and oxygen atoms in total. The van der Waals surface area contributed by atoms with Crippen molar-refractivity contribution in [1.82, 2.24) is 0 Å². The van der Waals surface area contributed by atoms with Gasteiger partial charge in [-0.3, -0.25) is 0 Å². The first-order valence-corrected chi connectivity index (χ1v) is 6.77. The fourth-order valence-electron chi connectivity index (χ4n) is 2.19. The highest BCUT2D eigenvalue weighted by atomic mass is 35.5. The summed E-state index contributed by atoms with van der Waals surface area (Å²) in [5.41, 5.74) is 0. The van der Waals surface area contributed by atoms with E-state index in [1.165, 1.54) is 32.1 Å². The third-order valence-corrected chi connectivity index (χ3v) is 3.44. The molecule has 3 heteroatoms. The molecule has 18 heavy (non-hydrogen) atoms. The quantitative estimate of drug-likeness (QED) is 0.460. The predicted octanol–water partition coefficient (Wildman–Crippen LogP) is 4.38. The van der Waals surface area contributed by atoms with Gasteiger partial charge in [-0.1, -0.05) is 36.9 Å². The summed E-state index contributed by atoms with van der Waals surface area (Å²) in [6.45, 7) is 0. The Balaban J connectivity index is 1.84. The summed E-state index contributed by atoms with van der Waals surface area (Å²) in [6.07, 6.45) is 9.75. The van der Waals surface area contributed by atoms with E-state index in [1.807, 2.05) is 6.08 Å². The third kappa shape index (κ3) is 4.19. The number of hydrogen-bond acceptors (Lipinski definition) is 2. The topological polar surface area (TPSA) is 26.3 Å². The van der Waals surface area contributed by atoms with Crippen molar-refractivity contribution in [3.8, 4) is 5.75 Å². The molecule has 2 rings (SSSR count). The zero-order chi connectivity index (χ0) is 12.8. The Morgan fingerprint density at radius 1 is 1.17 bits per heavy atom. The molecule has 0 amide bonds. The normalized spacial score (nSPS) is 16.9. The highest BCUT2D eigenvalue weighted by Gasteiger charge is 2.10. The summed E-state index contributed by atoms with van der Waals surface area (Å²) < 4.78 is 5.18. The average molecular weight is 265 g/mol. The molecule has 0 atom stereocenters. The highest BCUT2D eigenvalue weighted by molar-refractivity contribution is 6.30. The molecule has 0 saturated heterocycles. The van der Waals surface area contributed by atoms with E-state index in [0.717, 1.165) is 0 Å². The molecule has 0 radical (unpaired) electrons. The van der Waals surface area contributed by atoms with Crippen LogP contribution >= 0.6 is 11.6 Å². The van der Waals surface area contributed by atoms with Crippen LogP contribution in [-0.4, -0.2) is 5.97 Å². The maximum Gasteiger partial charge on any atom is 0.335 e. The summed E-state index contributed by atoms with van der Waals surface area (Å²) in [7, 11) is 0. The monoisotopic (exact) mass is 264 g/mol. The van der Waals surface area contributed by atoms with Gasteiger partial charge in [-0.15, -0.1) is 0 Å². The van der Waals surface area contributed by atoms with Crippen LogP contribution in [0.1, 0.15) is 32.1 Å². The number of esters is 1.